The van der Waals surface area contributed by atoms with Crippen LogP contribution in [0, 0.1) is 5.82 Å². The minimum atomic E-state index is -0.230. The molecule has 3 rings (SSSR count). The van der Waals surface area contributed by atoms with Gasteiger partial charge in [0, 0.05) is 58.0 Å². The van der Waals surface area contributed by atoms with Crippen LogP contribution in [-0.2, 0) is 9.53 Å². The fourth-order valence-corrected chi connectivity index (χ4v) is 3.64. The number of guanidine groups is 1. The van der Waals surface area contributed by atoms with Gasteiger partial charge in [-0.15, -0.1) is 0 Å². The third kappa shape index (κ3) is 6.59. The molecule has 2 aliphatic rings. The van der Waals surface area contributed by atoms with Gasteiger partial charge in [-0.1, -0.05) is 0 Å². The third-order valence-corrected chi connectivity index (χ3v) is 5.28. The van der Waals surface area contributed by atoms with Gasteiger partial charge in [-0.05, 0) is 44.0 Å². The molecule has 1 amide bonds. The molecular weight excluding hydrogens is 373 g/mol. The molecule has 160 valence electrons. The molecule has 2 N–H and O–H groups in total. The average Bonchev–Trinajstić information content (AvgIpc) is 3.26. The van der Waals surface area contributed by atoms with E-state index in [4.69, 9.17) is 4.74 Å². The number of benzene rings is 1. The zero-order valence-corrected chi connectivity index (χ0v) is 17.2. The van der Waals surface area contributed by atoms with E-state index in [1.165, 1.54) is 12.1 Å². The summed E-state index contributed by atoms with van der Waals surface area (Å²) in [5, 5.41) is 6.46. The van der Waals surface area contributed by atoms with E-state index < -0.39 is 0 Å². The van der Waals surface area contributed by atoms with E-state index in [0.29, 0.717) is 32.6 Å². The Labute approximate surface area is 172 Å². The van der Waals surface area contributed by atoms with Crippen LogP contribution in [0.15, 0.2) is 29.3 Å². The zero-order valence-electron chi connectivity index (χ0n) is 17.2. The smallest absolute Gasteiger partial charge is 0.224 e. The lowest BCUT2D eigenvalue weighted by Gasteiger charge is -2.36. The molecule has 2 saturated heterocycles. The minimum absolute atomic E-state index is 0.145. The first-order valence-electron chi connectivity index (χ1n) is 10.6. The second-order valence-electron chi connectivity index (χ2n) is 7.38. The Kier molecular flexibility index (Phi) is 8.10. The molecule has 8 heteroatoms. The maximum absolute atomic E-state index is 13.1. The number of rotatable bonds is 7. The lowest BCUT2D eigenvalue weighted by molar-refractivity contribution is -0.131. The summed E-state index contributed by atoms with van der Waals surface area (Å²) in [5.74, 6) is 0.648. The molecule has 0 aromatic heterocycles. The number of amides is 1. The van der Waals surface area contributed by atoms with Crippen LogP contribution in [0.25, 0.3) is 0 Å². The van der Waals surface area contributed by atoms with Crippen LogP contribution in [-0.4, -0.2) is 75.3 Å². The van der Waals surface area contributed by atoms with Gasteiger partial charge in [-0.2, -0.15) is 0 Å². The minimum Gasteiger partial charge on any atom is -0.376 e. The van der Waals surface area contributed by atoms with Gasteiger partial charge in [0.05, 0.1) is 12.6 Å². The predicted octanol–water partition coefficient (Wildman–Crippen LogP) is 1.60. The number of piperazine rings is 1. The summed E-state index contributed by atoms with van der Waals surface area (Å²) in [5.41, 5.74) is 0.998. The number of aliphatic imine (C=N–C) groups is 1. The number of ether oxygens (including phenoxy) is 1. The molecule has 1 unspecified atom stereocenters. The van der Waals surface area contributed by atoms with Crippen LogP contribution in [0.5, 0.6) is 0 Å². The Morgan fingerprint density at radius 1 is 1.21 bits per heavy atom. The molecule has 2 heterocycles. The Hall–Kier alpha value is -2.35. The van der Waals surface area contributed by atoms with Crippen molar-refractivity contribution < 1.29 is 13.9 Å². The molecule has 1 aromatic rings. The molecule has 2 aliphatic heterocycles. The van der Waals surface area contributed by atoms with Crippen molar-refractivity contribution in [2.24, 2.45) is 4.99 Å². The number of nitrogens with one attached hydrogen (secondary N) is 2. The van der Waals surface area contributed by atoms with Crippen molar-refractivity contribution >= 4 is 17.6 Å². The summed E-state index contributed by atoms with van der Waals surface area (Å²) in [7, 11) is 0. The van der Waals surface area contributed by atoms with Crippen molar-refractivity contribution in [3.8, 4) is 0 Å². The molecule has 1 atom stereocenters. The first kappa shape index (κ1) is 21.4. The van der Waals surface area contributed by atoms with Crippen molar-refractivity contribution in [1.82, 2.24) is 15.5 Å². The largest absolute Gasteiger partial charge is 0.376 e. The zero-order chi connectivity index (χ0) is 20.5. The van der Waals surface area contributed by atoms with Gasteiger partial charge in [-0.25, -0.2) is 4.39 Å². The Bertz CT molecular complexity index is 668. The van der Waals surface area contributed by atoms with Crippen LogP contribution in [0.1, 0.15) is 26.2 Å². The van der Waals surface area contributed by atoms with Crippen molar-refractivity contribution in [1.29, 1.82) is 0 Å². The topological polar surface area (TPSA) is 69.2 Å². The first-order chi connectivity index (χ1) is 14.2. The summed E-state index contributed by atoms with van der Waals surface area (Å²) in [6, 6.07) is 6.52. The molecule has 0 saturated carbocycles. The van der Waals surface area contributed by atoms with Crippen molar-refractivity contribution in [2.45, 2.75) is 32.3 Å². The molecule has 1 aromatic carbocycles. The number of anilines is 1. The van der Waals surface area contributed by atoms with Crippen LogP contribution >= 0.6 is 0 Å². The van der Waals surface area contributed by atoms with Crippen LogP contribution in [0.3, 0.4) is 0 Å². The average molecular weight is 406 g/mol. The van der Waals surface area contributed by atoms with E-state index in [9.17, 15) is 9.18 Å². The van der Waals surface area contributed by atoms with E-state index in [-0.39, 0.29) is 17.8 Å². The van der Waals surface area contributed by atoms with E-state index in [1.807, 2.05) is 11.8 Å². The van der Waals surface area contributed by atoms with Crippen molar-refractivity contribution in [3.05, 3.63) is 30.1 Å². The van der Waals surface area contributed by atoms with Gasteiger partial charge in [0.15, 0.2) is 5.96 Å². The standard InChI is InChI=1S/C21H32FN5O2/c1-2-23-21(25-16-19-4-3-15-29-19)24-10-9-20(28)27-13-11-26(12-14-27)18-7-5-17(22)6-8-18/h5-8,19H,2-4,9-16H2,1H3,(H2,23,24,25). The number of nitrogens with zero attached hydrogens (tertiary/aromatic N) is 3. The fraction of sp³-hybridized carbons (Fsp3) is 0.619. The van der Waals surface area contributed by atoms with Crippen LogP contribution in [0.4, 0.5) is 10.1 Å². The van der Waals surface area contributed by atoms with E-state index in [0.717, 1.165) is 50.7 Å². The van der Waals surface area contributed by atoms with Gasteiger partial charge < -0.3 is 25.2 Å². The third-order valence-electron chi connectivity index (χ3n) is 5.28. The number of halogens is 1. The first-order valence-corrected chi connectivity index (χ1v) is 10.6. The maximum atomic E-state index is 13.1. The predicted molar refractivity (Wildman–Crippen MR) is 113 cm³/mol. The van der Waals surface area contributed by atoms with Gasteiger partial charge in [0.2, 0.25) is 5.91 Å². The molecule has 29 heavy (non-hydrogen) atoms. The van der Waals surface area contributed by atoms with Gasteiger partial charge in [0.25, 0.3) is 0 Å². The lowest BCUT2D eigenvalue weighted by Crippen LogP contribution is -2.49. The highest BCUT2D eigenvalue weighted by molar-refractivity contribution is 5.81. The van der Waals surface area contributed by atoms with Gasteiger partial charge >= 0.3 is 0 Å². The Morgan fingerprint density at radius 2 is 1.97 bits per heavy atom. The normalized spacial score (nSPS) is 20.1. The molecule has 2 fully saturated rings. The number of hydrogen-bond acceptors (Lipinski definition) is 4. The number of hydrogen-bond donors (Lipinski definition) is 2. The van der Waals surface area contributed by atoms with Gasteiger partial charge in [-0.3, -0.25) is 9.79 Å². The summed E-state index contributed by atoms with van der Waals surface area (Å²) < 4.78 is 18.7. The highest BCUT2D eigenvalue weighted by Crippen LogP contribution is 2.17. The molecule has 7 nitrogen and oxygen atoms in total. The monoisotopic (exact) mass is 405 g/mol. The van der Waals surface area contributed by atoms with Crippen LogP contribution < -0.4 is 15.5 Å². The second-order valence-corrected chi connectivity index (χ2v) is 7.38. The van der Waals surface area contributed by atoms with E-state index >= 15 is 0 Å². The van der Waals surface area contributed by atoms with Crippen molar-refractivity contribution in [3.63, 3.8) is 0 Å². The lowest BCUT2D eigenvalue weighted by atomic mass is 10.2. The fourth-order valence-electron chi connectivity index (χ4n) is 3.64. The molecule has 0 radical (unpaired) electrons. The molecular formula is C21H32FN5O2. The van der Waals surface area contributed by atoms with Gasteiger partial charge in [0.1, 0.15) is 5.82 Å². The SMILES string of the molecule is CCNC(=NCC1CCCO1)NCCC(=O)N1CCN(c2ccc(F)cc2)CC1. The maximum Gasteiger partial charge on any atom is 0.224 e. The second kappa shape index (κ2) is 11.0. The van der Waals surface area contributed by atoms with Crippen molar-refractivity contribution in [2.75, 3.05) is 57.3 Å². The molecule has 0 bridgehead atoms. The quantitative estimate of drug-likeness (QED) is 0.533. The summed E-state index contributed by atoms with van der Waals surface area (Å²) in [6.07, 6.45) is 2.81. The van der Waals surface area contributed by atoms with E-state index in [2.05, 4.69) is 20.5 Å². The van der Waals surface area contributed by atoms with E-state index in [1.54, 1.807) is 12.1 Å². The summed E-state index contributed by atoms with van der Waals surface area (Å²) in [6.45, 7) is 7.71. The highest BCUT2D eigenvalue weighted by atomic mass is 19.1. The molecule has 0 aliphatic carbocycles. The number of carbonyl (C=O) groups is 1. The Balaban J connectivity index is 1.38. The number of carbonyl (C=O) groups excluding carboxylic acids is 1. The van der Waals surface area contributed by atoms with Crippen LogP contribution in [0.2, 0.25) is 0 Å². The molecule has 0 spiro atoms. The summed E-state index contributed by atoms with van der Waals surface area (Å²) in [4.78, 5) is 21.2. The summed E-state index contributed by atoms with van der Waals surface area (Å²) >= 11 is 0. The Morgan fingerprint density at radius 3 is 2.62 bits per heavy atom. The highest BCUT2D eigenvalue weighted by Gasteiger charge is 2.21.